The highest BCUT2D eigenvalue weighted by atomic mass is 79.9. The Morgan fingerprint density at radius 3 is 2.65 bits per heavy atom. The van der Waals surface area contributed by atoms with Gasteiger partial charge in [-0.1, -0.05) is 35.2 Å². The molecule has 0 aromatic heterocycles. The number of carbonyl (C=O) groups excluding carboxylic acids is 2. The molecule has 1 aliphatic carbocycles. The highest BCUT2D eigenvalue weighted by Gasteiger charge is 2.15. The van der Waals surface area contributed by atoms with E-state index >= 15 is 0 Å². The van der Waals surface area contributed by atoms with Crippen LogP contribution in [-0.2, 0) is 9.59 Å². The fourth-order valence-electron chi connectivity index (χ4n) is 2.62. The molecule has 1 aromatic rings. The van der Waals surface area contributed by atoms with E-state index in [4.69, 9.17) is 0 Å². The van der Waals surface area contributed by atoms with Gasteiger partial charge in [0.2, 0.25) is 11.8 Å². The first kappa shape index (κ1) is 18.3. The van der Waals surface area contributed by atoms with Crippen molar-refractivity contribution in [1.82, 2.24) is 5.32 Å². The summed E-state index contributed by atoms with van der Waals surface area (Å²) in [6.07, 6.45) is 6.28. The number of amides is 2. The lowest BCUT2D eigenvalue weighted by Crippen LogP contribution is -2.34. The monoisotopic (exact) mass is 398 g/mol. The van der Waals surface area contributed by atoms with Crippen molar-refractivity contribution in [3.8, 4) is 0 Å². The van der Waals surface area contributed by atoms with E-state index in [0.717, 1.165) is 15.7 Å². The Bertz CT molecular complexity index is 560. The molecule has 0 radical (unpaired) electrons. The van der Waals surface area contributed by atoms with Gasteiger partial charge in [0.1, 0.15) is 0 Å². The van der Waals surface area contributed by atoms with Gasteiger partial charge in [0.05, 0.1) is 12.3 Å². The predicted octanol–water partition coefficient (Wildman–Crippen LogP) is 3.88. The van der Waals surface area contributed by atoms with Crippen LogP contribution in [0.3, 0.4) is 0 Å². The molecule has 2 N–H and O–H groups in total. The van der Waals surface area contributed by atoms with Crippen molar-refractivity contribution in [2.75, 3.05) is 17.6 Å². The maximum absolute atomic E-state index is 11.9. The van der Waals surface area contributed by atoms with Gasteiger partial charge < -0.3 is 10.6 Å². The van der Waals surface area contributed by atoms with Crippen LogP contribution < -0.4 is 10.6 Å². The molecule has 0 aliphatic heterocycles. The number of halogens is 1. The molecule has 1 fully saturated rings. The van der Waals surface area contributed by atoms with Gasteiger partial charge in [-0.25, -0.2) is 0 Å². The molecule has 0 unspecified atom stereocenters. The second-order valence-corrected chi connectivity index (χ2v) is 8.06. The first-order chi connectivity index (χ1) is 11.0. The highest BCUT2D eigenvalue weighted by molar-refractivity contribution is 9.10. The number of hydrogen-bond acceptors (Lipinski definition) is 3. The fraction of sp³-hybridized carbons (Fsp3) is 0.529. The molecule has 0 spiro atoms. The van der Waals surface area contributed by atoms with Gasteiger partial charge in [0.15, 0.2) is 0 Å². The van der Waals surface area contributed by atoms with Crippen molar-refractivity contribution in [1.29, 1.82) is 0 Å². The third-order valence-corrected chi connectivity index (χ3v) is 5.78. The average Bonchev–Trinajstić information content (AvgIpc) is 2.54. The molecular formula is C17H23BrN2O2S. The number of rotatable bonds is 6. The summed E-state index contributed by atoms with van der Waals surface area (Å²) in [5, 5.41) is 6.11. The minimum atomic E-state index is -0.202. The molecule has 1 aliphatic rings. The zero-order valence-electron chi connectivity index (χ0n) is 13.4. The van der Waals surface area contributed by atoms with Crippen molar-refractivity contribution in [2.24, 2.45) is 0 Å². The number of thioether (sulfide) groups is 1. The largest absolute Gasteiger partial charge is 0.346 e. The number of anilines is 1. The van der Waals surface area contributed by atoms with Crippen LogP contribution >= 0.6 is 27.7 Å². The second kappa shape index (κ2) is 9.33. The molecule has 1 aromatic carbocycles. The number of hydrogen-bond donors (Lipinski definition) is 2. The Hall–Kier alpha value is -1.01. The predicted molar refractivity (Wildman–Crippen MR) is 99.8 cm³/mol. The molecule has 0 atom stereocenters. The second-order valence-electron chi connectivity index (χ2n) is 5.86. The van der Waals surface area contributed by atoms with Gasteiger partial charge in [-0.3, -0.25) is 9.59 Å². The van der Waals surface area contributed by atoms with Crippen LogP contribution in [-0.4, -0.2) is 29.4 Å². The molecule has 126 valence electrons. The lowest BCUT2D eigenvalue weighted by molar-refractivity contribution is -0.122. The molecule has 0 bridgehead atoms. The Morgan fingerprint density at radius 1 is 1.22 bits per heavy atom. The van der Waals surface area contributed by atoms with Gasteiger partial charge in [0.25, 0.3) is 0 Å². The van der Waals surface area contributed by atoms with E-state index in [0.29, 0.717) is 11.0 Å². The number of benzene rings is 1. The molecule has 0 heterocycles. The van der Waals surface area contributed by atoms with E-state index in [1.54, 1.807) is 11.8 Å². The topological polar surface area (TPSA) is 58.2 Å². The molecule has 2 amide bonds. The van der Waals surface area contributed by atoms with Crippen molar-refractivity contribution >= 4 is 45.2 Å². The van der Waals surface area contributed by atoms with Crippen molar-refractivity contribution in [3.63, 3.8) is 0 Å². The van der Waals surface area contributed by atoms with E-state index in [1.165, 1.54) is 32.1 Å². The van der Waals surface area contributed by atoms with Gasteiger partial charge in [-0.05, 0) is 43.5 Å². The first-order valence-corrected chi connectivity index (χ1v) is 9.83. The summed E-state index contributed by atoms with van der Waals surface area (Å²) in [5.74, 6) is 0.171. The van der Waals surface area contributed by atoms with Crippen LogP contribution in [0.5, 0.6) is 0 Å². The maximum atomic E-state index is 11.9. The third kappa shape index (κ3) is 6.55. The lowest BCUT2D eigenvalue weighted by Gasteiger charge is -2.20. The summed E-state index contributed by atoms with van der Waals surface area (Å²) < 4.78 is 0.973. The first-order valence-electron chi connectivity index (χ1n) is 7.99. The van der Waals surface area contributed by atoms with E-state index in [1.807, 2.05) is 25.1 Å². The van der Waals surface area contributed by atoms with Crippen LogP contribution in [0.1, 0.15) is 37.7 Å². The maximum Gasteiger partial charge on any atom is 0.243 e. The fourth-order valence-corrected chi connectivity index (χ4v) is 4.25. The van der Waals surface area contributed by atoms with Crippen molar-refractivity contribution < 1.29 is 9.59 Å². The Kier molecular flexibility index (Phi) is 7.43. The summed E-state index contributed by atoms with van der Waals surface area (Å²) in [4.78, 5) is 23.8. The van der Waals surface area contributed by atoms with Crippen LogP contribution in [0.25, 0.3) is 0 Å². The molecule has 2 rings (SSSR count). The van der Waals surface area contributed by atoms with E-state index in [-0.39, 0.29) is 18.4 Å². The average molecular weight is 399 g/mol. The summed E-state index contributed by atoms with van der Waals surface area (Å²) >= 11 is 5.11. The minimum Gasteiger partial charge on any atom is -0.346 e. The van der Waals surface area contributed by atoms with Gasteiger partial charge in [-0.2, -0.15) is 0 Å². The Balaban J connectivity index is 1.68. The quantitative estimate of drug-likeness (QED) is 0.764. The normalized spacial score (nSPS) is 15.2. The van der Waals surface area contributed by atoms with Gasteiger partial charge in [-0.15, -0.1) is 11.8 Å². The Labute approximate surface area is 150 Å². The molecule has 23 heavy (non-hydrogen) atoms. The highest BCUT2D eigenvalue weighted by Crippen LogP contribution is 2.27. The zero-order chi connectivity index (χ0) is 16.7. The van der Waals surface area contributed by atoms with Crippen LogP contribution in [0.4, 0.5) is 5.69 Å². The van der Waals surface area contributed by atoms with Crippen molar-refractivity contribution in [2.45, 2.75) is 44.3 Å². The molecular weight excluding hydrogens is 376 g/mol. The molecule has 4 nitrogen and oxygen atoms in total. The standard InChI is InChI=1S/C17H23BrN2O2S/c1-12-9-13(18)7-8-15(12)20-16(21)10-19-17(22)11-23-14-5-3-2-4-6-14/h7-9,14H,2-6,10-11H2,1H3,(H,19,22)(H,20,21). The van der Waals surface area contributed by atoms with Gasteiger partial charge in [0, 0.05) is 15.4 Å². The Morgan fingerprint density at radius 2 is 1.96 bits per heavy atom. The minimum absolute atomic E-state index is 0.0135. The summed E-state index contributed by atoms with van der Waals surface area (Å²) in [7, 11) is 0. The number of carbonyl (C=O) groups is 2. The summed E-state index contributed by atoms with van der Waals surface area (Å²) in [6.45, 7) is 1.94. The smallest absolute Gasteiger partial charge is 0.243 e. The SMILES string of the molecule is Cc1cc(Br)ccc1NC(=O)CNC(=O)CSC1CCCCC1. The van der Waals surface area contributed by atoms with Crippen molar-refractivity contribution in [3.05, 3.63) is 28.2 Å². The van der Waals surface area contributed by atoms with Crippen LogP contribution in [0.15, 0.2) is 22.7 Å². The summed E-state index contributed by atoms with van der Waals surface area (Å²) in [6, 6.07) is 5.66. The number of aryl methyl sites for hydroxylation is 1. The lowest BCUT2D eigenvalue weighted by atomic mass is 10.0. The third-order valence-electron chi connectivity index (χ3n) is 3.91. The zero-order valence-corrected chi connectivity index (χ0v) is 15.8. The molecule has 6 heteroatoms. The van der Waals surface area contributed by atoms with Crippen LogP contribution in [0.2, 0.25) is 0 Å². The molecule has 1 saturated carbocycles. The summed E-state index contributed by atoms with van der Waals surface area (Å²) in [5.41, 5.74) is 1.75. The van der Waals surface area contributed by atoms with E-state index in [9.17, 15) is 9.59 Å². The number of nitrogens with one attached hydrogen (secondary N) is 2. The van der Waals surface area contributed by atoms with E-state index < -0.39 is 0 Å². The van der Waals surface area contributed by atoms with Gasteiger partial charge >= 0.3 is 0 Å². The molecule has 0 saturated heterocycles. The van der Waals surface area contributed by atoms with Crippen LogP contribution in [0, 0.1) is 6.92 Å². The van der Waals surface area contributed by atoms with E-state index in [2.05, 4.69) is 26.6 Å².